The topological polar surface area (TPSA) is 3.24 Å². The molecule has 0 aliphatic carbocycles. The van der Waals surface area contributed by atoms with E-state index in [1.165, 1.54) is 65.3 Å². The third kappa shape index (κ3) is 4.90. The normalized spacial score (nSPS) is 11.4. The molecular weight excluding hydrogens is 567 g/mol. The summed E-state index contributed by atoms with van der Waals surface area (Å²) in [5.41, 5.74) is 8.19. The van der Waals surface area contributed by atoms with Crippen LogP contribution in [0.2, 0.25) is 0 Å². The van der Waals surface area contributed by atoms with Crippen molar-refractivity contribution in [1.29, 1.82) is 0 Å². The standard InChI is InChI=1S/C46H31N/c1-2-9-32(10-3-1)34-19-24-40(25-20-34)47(42-26-21-33-11-4-5-13-37(33)29-42)41-15-8-14-38(30-41)39-18-17-36-23-27-44-43-16-7-6-12-35(43)22-28-45(44)46(36)31-39/h1-31H. The van der Waals surface area contributed by atoms with Gasteiger partial charge < -0.3 is 4.90 Å². The molecule has 0 aromatic heterocycles. The van der Waals surface area contributed by atoms with Crippen molar-refractivity contribution >= 4 is 60.2 Å². The fourth-order valence-corrected chi connectivity index (χ4v) is 7.02. The molecule has 9 aromatic rings. The van der Waals surface area contributed by atoms with Crippen molar-refractivity contribution in [2.45, 2.75) is 0 Å². The average Bonchev–Trinajstić information content (AvgIpc) is 3.15. The lowest BCUT2D eigenvalue weighted by molar-refractivity contribution is 1.29. The number of rotatable bonds is 5. The van der Waals surface area contributed by atoms with Crippen molar-refractivity contribution in [3.05, 3.63) is 188 Å². The van der Waals surface area contributed by atoms with Crippen LogP contribution in [0.5, 0.6) is 0 Å². The second-order valence-corrected chi connectivity index (χ2v) is 12.2. The van der Waals surface area contributed by atoms with Crippen molar-refractivity contribution in [1.82, 2.24) is 0 Å². The predicted octanol–water partition coefficient (Wildman–Crippen LogP) is 13.1. The zero-order chi connectivity index (χ0) is 31.2. The number of hydrogen-bond acceptors (Lipinski definition) is 1. The highest BCUT2D eigenvalue weighted by molar-refractivity contribution is 6.17. The zero-order valence-electron chi connectivity index (χ0n) is 25.8. The molecule has 47 heavy (non-hydrogen) atoms. The Bertz CT molecular complexity index is 2560. The highest BCUT2D eigenvalue weighted by Gasteiger charge is 2.15. The largest absolute Gasteiger partial charge is 0.310 e. The maximum atomic E-state index is 2.37. The summed E-state index contributed by atoms with van der Waals surface area (Å²) >= 11 is 0. The van der Waals surface area contributed by atoms with Gasteiger partial charge in [-0.25, -0.2) is 0 Å². The van der Waals surface area contributed by atoms with Crippen LogP contribution in [0.3, 0.4) is 0 Å². The Balaban J connectivity index is 1.18. The summed E-state index contributed by atoms with van der Waals surface area (Å²) in [7, 11) is 0. The quantitative estimate of drug-likeness (QED) is 0.178. The van der Waals surface area contributed by atoms with E-state index in [4.69, 9.17) is 0 Å². The van der Waals surface area contributed by atoms with Crippen LogP contribution in [-0.2, 0) is 0 Å². The minimum absolute atomic E-state index is 1.12. The van der Waals surface area contributed by atoms with Crippen LogP contribution >= 0.6 is 0 Å². The molecule has 0 saturated heterocycles. The molecule has 0 bridgehead atoms. The average molecular weight is 598 g/mol. The third-order valence-electron chi connectivity index (χ3n) is 9.41. The molecule has 0 atom stereocenters. The minimum atomic E-state index is 1.12. The van der Waals surface area contributed by atoms with Crippen LogP contribution in [-0.4, -0.2) is 0 Å². The molecule has 0 aliphatic rings. The third-order valence-corrected chi connectivity index (χ3v) is 9.41. The number of hydrogen-bond donors (Lipinski definition) is 0. The van der Waals surface area contributed by atoms with Crippen LogP contribution in [0, 0.1) is 0 Å². The van der Waals surface area contributed by atoms with Crippen molar-refractivity contribution in [3.8, 4) is 22.3 Å². The van der Waals surface area contributed by atoms with E-state index in [0.717, 1.165) is 17.1 Å². The van der Waals surface area contributed by atoms with Gasteiger partial charge >= 0.3 is 0 Å². The van der Waals surface area contributed by atoms with E-state index < -0.39 is 0 Å². The molecular formula is C46H31N. The highest BCUT2D eigenvalue weighted by Crippen LogP contribution is 2.40. The fraction of sp³-hybridized carbons (Fsp3) is 0. The molecule has 9 rings (SSSR count). The molecule has 0 spiro atoms. The first kappa shape index (κ1) is 27.2. The van der Waals surface area contributed by atoms with E-state index in [1.54, 1.807) is 0 Å². The lowest BCUT2D eigenvalue weighted by Crippen LogP contribution is -2.10. The van der Waals surface area contributed by atoms with E-state index in [1.807, 2.05) is 0 Å². The summed E-state index contributed by atoms with van der Waals surface area (Å²) in [6, 6.07) is 68.3. The van der Waals surface area contributed by atoms with Gasteiger partial charge in [0.1, 0.15) is 0 Å². The summed E-state index contributed by atoms with van der Waals surface area (Å²) in [4.78, 5) is 2.37. The Morgan fingerprint density at radius 3 is 1.60 bits per heavy atom. The van der Waals surface area contributed by atoms with Crippen LogP contribution in [0.4, 0.5) is 17.1 Å². The SMILES string of the molecule is c1ccc(-c2ccc(N(c3cccc(-c4ccc5ccc6c7ccccc7ccc6c5c4)c3)c3ccc4ccccc4c3)cc2)cc1. The van der Waals surface area contributed by atoms with E-state index in [0.29, 0.717) is 0 Å². The van der Waals surface area contributed by atoms with E-state index >= 15 is 0 Å². The minimum Gasteiger partial charge on any atom is -0.310 e. The molecule has 0 aliphatic heterocycles. The molecule has 0 amide bonds. The van der Waals surface area contributed by atoms with E-state index in [-0.39, 0.29) is 0 Å². The maximum Gasteiger partial charge on any atom is 0.0468 e. The lowest BCUT2D eigenvalue weighted by Gasteiger charge is -2.26. The van der Waals surface area contributed by atoms with Gasteiger partial charge in [-0.15, -0.1) is 0 Å². The smallest absolute Gasteiger partial charge is 0.0468 e. The van der Waals surface area contributed by atoms with Gasteiger partial charge in [0.05, 0.1) is 0 Å². The number of fused-ring (bicyclic) bond motifs is 6. The highest BCUT2D eigenvalue weighted by atomic mass is 15.1. The Labute approximate surface area is 274 Å². The molecule has 1 nitrogen and oxygen atoms in total. The number of anilines is 3. The molecule has 0 saturated carbocycles. The van der Waals surface area contributed by atoms with Gasteiger partial charge in [-0.3, -0.25) is 0 Å². The first-order valence-electron chi connectivity index (χ1n) is 16.2. The fourth-order valence-electron chi connectivity index (χ4n) is 7.02. The summed E-state index contributed by atoms with van der Waals surface area (Å²) in [6.07, 6.45) is 0. The molecule has 0 heterocycles. The molecule has 1 heteroatoms. The second kappa shape index (κ2) is 11.3. The Morgan fingerprint density at radius 2 is 0.766 bits per heavy atom. The second-order valence-electron chi connectivity index (χ2n) is 12.2. The van der Waals surface area contributed by atoms with Crippen LogP contribution in [0.25, 0.3) is 65.3 Å². The van der Waals surface area contributed by atoms with Crippen molar-refractivity contribution in [3.63, 3.8) is 0 Å². The van der Waals surface area contributed by atoms with Crippen LogP contribution in [0.1, 0.15) is 0 Å². The first-order valence-corrected chi connectivity index (χ1v) is 16.2. The van der Waals surface area contributed by atoms with Gasteiger partial charge in [0.15, 0.2) is 0 Å². The first-order chi connectivity index (χ1) is 23.3. The van der Waals surface area contributed by atoms with Crippen molar-refractivity contribution in [2.75, 3.05) is 4.90 Å². The van der Waals surface area contributed by atoms with Gasteiger partial charge in [0, 0.05) is 17.1 Å². The van der Waals surface area contributed by atoms with Gasteiger partial charge in [-0.05, 0) is 108 Å². The maximum absolute atomic E-state index is 2.37. The van der Waals surface area contributed by atoms with Gasteiger partial charge in [0.25, 0.3) is 0 Å². The summed E-state index contributed by atoms with van der Waals surface area (Å²) < 4.78 is 0. The Morgan fingerprint density at radius 1 is 0.234 bits per heavy atom. The van der Waals surface area contributed by atoms with Crippen LogP contribution in [0.15, 0.2) is 188 Å². The molecule has 9 aromatic carbocycles. The molecule has 0 unspecified atom stereocenters. The Kier molecular flexibility index (Phi) is 6.54. The molecule has 0 radical (unpaired) electrons. The summed E-state index contributed by atoms with van der Waals surface area (Å²) in [6.45, 7) is 0. The lowest BCUT2D eigenvalue weighted by atomic mass is 9.94. The Hall–Kier alpha value is -6.18. The van der Waals surface area contributed by atoms with Crippen LogP contribution < -0.4 is 4.90 Å². The number of nitrogens with zero attached hydrogens (tertiary/aromatic N) is 1. The molecule has 0 N–H and O–H groups in total. The summed E-state index contributed by atoms with van der Waals surface area (Å²) in [5, 5.41) is 10.1. The van der Waals surface area contributed by atoms with Gasteiger partial charge in [0.2, 0.25) is 0 Å². The zero-order valence-corrected chi connectivity index (χ0v) is 25.8. The molecule has 0 fully saturated rings. The molecule has 220 valence electrons. The van der Waals surface area contributed by atoms with E-state index in [2.05, 4.69) is 193 Å². The van der Waals surface area contributed by atoms with Crippen molar-refractivity contribution < 1.29 is 0 Å². The van der Waals surface area contributed by atoms with E-state index in [9.17, 15) is 0 Å². The van der Waals surface area contributed by atoms with Crippen molar-refractivity contribution in [2.24, 2.45) is 0 Å². The predicted molar refractivity (Wildman–Crippen MR) is 202 cm³/mol. The van der Waals surface area contributed by atoms with Gasteiger partial charge in [-0.2, -0.15) is 0 Å². The number of benzene rings is 9. The summed E-state index contributed by atoms with van der Waals surface area (Å²) in [5.74, 6) is 0. The van der Waals surface area contributed by atoms with Gasteiger partial charge in [-0.1, -0.05) is 146 Å². The monoisotopic (exact) mass is 597 g/mol.